The van der Waals surface area contributed by atoms with E-state index >= 15 is 0 Å². The molecular weight excluding hydrogens is 226 g/mol. The number of ether oxygens (including phenoxy) is 1. The summed E-state index contributed by atoms with van der Waals surface area (Å²) >= 11 is 0. The third kappa shape index (κ3) is 3.36. The van der Waals surface area contributed by atoms with Gasteiger partial charge in [0.2, 0.25) is 5.88 Å². The van der Waals surface area contributed by atoms with Crippen LogP contribution in [0.2, 0.25) is 0 Å². The topological polar surface area (TPSA) is 47.0 Å². The molecule has 0 saturated carbocycles. The molecule has 1 heterocycles. The highest BCUT2D eigenvalue weighted by atomic mass is 16.5. The lowest BCUT2D eigenvalue weighted by Crippen LogP contribution is -2.18. The van der Waals surface area contributed by atoms with Crippen molar-refractivity contribution in [1.29, 1.82) is 0 Å². The third-order valence-electron chi connectivity index (χ3n) is 2.49. The van der Waals surface area contributed by atoms with E-state index in [0.717, 1.165) is 17.2 Å². The molecule has 4 heteroatoms. The molecule has 1 aromatic rings. The molecule has 98 valence electrons. The van der Waals surface area contributed by atoms with Gasteiger partial charge < -0.3 is 10.1 Å². The SMILES string of the molecule is C#CCCOc1nc(C(C)(C)C)nc(NC)c1C. The summed E-state index contributed by atoms with van der Waals surface area (Å²) in [6, 6.07) is 0. The predicted molar refractivity (Wildman–Crippen MR) is 74.0 cm³/mol. The molecule has 0 atom stereocenters. The minimum absolute atomic E-state index is 0.122. The summed E-state index contributed by atoms with van der Waals surface area (Å²) in [6.07, 6.45) is 5.78. The Morgan fingerprint density at radius 3 is 2.50 bits per heavy atom. The maximum Gasteiger partial charge on any atom is 0.221 e. The summed E-state index contributed by atoms with van der Waals surface area (Å²) in [5.41, 5.74) is 0.784. The number of nitrogens with one attached hydrogen (secondary N) is 1. The zero-order chi connectivity index (χ0) is 13.8. The van der Waals surface area contributed by atoms with Crippen LogP contribution in [0.5, 0.6) is 5.88 Å². The van der Waals surface area contributed by atoms with Crippen LogP contribution in [-0.4, -0.2) is 23.6 Å². The van der Waals surface area contributed by atoms with Gasteiger partial charge >= 0.3 is 0 Å². The number of nitrogens with zero attached hydrogens (tertiary/aromatic N) is 2. The lowest BCUT2D eigenvalue weighted by molar-refractivity contribution is 0.308. The van der Waals surface area contributed by atoms with Crippen molar-refractivity contribution in [3.8, 4) is 18.2 Å². The van der Waals surface area contributed by atoms with Crippen LogP contribution in [0, 0.1) is 19.3 Å². The molecule has 0 saturated heterocycles. The van der Waals surface area contributed by atoms with Crippen LogP contribution in [0.3, 0.4) is 0 Å². The van der Waals surface area contributed by atoms with Crippen LogP contribution >= 0.6 is 0 Å². The number of aromatic nitrogens is 2. The molecule has 0 aliphatic heterocycles. The summed E-state index contributed by atoms with van der Waals surface area (Å²) < 4.78 is 5.62. The first kappa shape index (κ1) is 14.3. The molecule has 0 aliphatic rings. The van der Waals surface area contributed by atoms with Crippen molar-refractivity contribution in [2.24, 2.45) is 0 Å². The second-order valence-electron chi connectivity index (χ2n) is 5.13. The highest BCUT2D eigenvalue weighted by Crippen LogP contribution is 2.27. The normalized spacial score (nSPS) is 10.9. The van der Waals surface area contributed by atoms with E-state index in [-0.39, 0.29) is 5.41 Å². The van der Waals surface area contributed by atoms with Gasteiger partial charge in [-0.25, -0.2) is 4.98 Å². The first-order valence-corrected chi connectivity index (χ1v) is 6.03. The van der Waals surface area contributed by atoms with Gasteiger partial charge in [-0.05, 0) is 6.92 Å². The lowest BCUT2D eigenvalue weighted by Gasteiger charge is -2.20. The van der Waals surface area contributed by atoms with Gasteiger partial charge in [0.15, 0.2) is 0 Å². The van der Waals surface area contributed by atoms with Crippen molar-refractivity contribution < 1.29 is 4.74 Å². The minimum atomic E-state index is -0.122. The summed E-state index contributed by atoms with van der Waals surface area (Å²) in [4.78, 5) is 8.99. The van der Waals surface area contributed by atoms with E-state index in [4.69, 9.17) is 11.2 Å². The highest BCUT2D eigenvalue weighted by molar-refractivity contribution is 5.48. The molecule has 18 heavy (non-hydrogen) atoms. The van der Waals surface area contributed by atoms with Gasteiger partial charge in [-0.1, -0.05) is 20.8 Å². The van der Waals surface area contributed by atoms with Gasteiger partial charge in [-0.2, -0.15) is 4.98 Å². The zero-order valence-corrected chi connectivity index (χ0v) is 11.8. The molecule has 0 amide bonds. The molecule has 0 spiro atoms. The number of anilines is 1. The predicted octanol–water partition coefficient (Wildman–Crippen LogP) is 2.53. The minimum Gasteiger partial charge on any atom is -0.476 e. The van der Waals surface area contributed by atoms with E-state index < -0.39 is 0 Å². The number of hydrogen-bond acceptors (Lipinski definition) is 4. The Morgan fingerprint density at radius 1 is 1.33 bits per heavy atom. The average Bonchev–Trinajstić information content (AvgIpc) is 2.30. The fourth-order valence-corrected chi connectivity index (χ4v) is 1.42. The molecule has 1 aromatic heterocycles. The summed E-state index contributed by atoms with van der Waals surface area (Å²) in [7, 11) is 1.84. The fraction of sp³-hybridized carbons (Fsp3) is 0.571. The fourth-order valence-electron chi connectivity index (χ4n) is 1.42. The molecule has 0 aliphatic carbocycles. The monoisotopic (exact) mass is 247 g/mol. The Hall–Kier alpha value is -1.76. The second kappa shape index (κ2) is 5.72. The Kier molecular flexibility index (Phi) is 4.55. The molecule has 0 aromatic carbocycles. The maximum absolute atomic E-state index is 5.62. The smallest absolute Gasteiger partial charge is 0.221 e. The molecule has 0 fully saturated rings. The van der Waals surface area contributed by atoms with Crippen molar-refractivity contribution in [1.82, 2.24) is 9.97 Å². The van der Waals surface area contributed by atoms with Crippen LogP contribution in [-0.2, 0) is 5.41 Å². The zero-order valence-electron chi connectivity index (χ0n) is 11.8. The molecule has 0 bridgehead atoms. The van der Waals surface area contributed by atoms with Gasteiger partial charge in [-0.3, -0.25) is 0 Å². The van der Waals surface area contributed by atoms with Crippen molar-refractivity contribution in [3.63, 3.8) is 0 Å². The van der Waals surface area contributed by atoms with Crippen molar-refractivity contribution in [2.45, 2.75) is 39.5 Å². The highest BCUT2D eigenvalue weighted by Gasteiger charge is 2.21. The number of hydrogen-bond donors (Lipinski definition) is 1. The Bertz CT molecular complexity index is 455. The van der Waals surface area contributed by atoms with Crippen LogP contribution in [0.15, 0.2) is 0 Å². The standard InChI is InChI=1S/C14H21N3O/c1-7-8-9-18-12-10(2)11(15-6)16-13(17-12)14(3,4)5/h1H,8-9H2,2-6H3,(H,15,16,17). The second-order valence-corrected chi connectivity index (χ2v) is 5.13. The molecule has 1 rings (SSSR count). The van der Waals surface area contributed by atoms with E-state index in [1.54, 1.807) is 0 Å². The first-order chi connectivity index (χ1) is 8.40. The Labute approximate surface area is 109 Å². The maximum atomic E-state index is 5.62. The van der Waals surface area contributed by atoms with Crippen molar-refractivity contribution in [3.05, 3.63) is 11.4 Å². The van der Waals surface area contributed by atoms with E-state index in [0.29, 0.717) is 18.9 Å². The van der Waals surface area contributed by atoms with Gasteiger partial charge in [0.1, 0.15) is 18.2 Å². The molecule has 0 radical (unpaired) electrons. The van der Waals surface area contributed by atoms with Crippen molar-refractivity contribution >= 4 is 5.82 Å². The van der Waals surface area contributed by atoms with Crippen LogP contribution in [0.1, 0.15) is 38.6 Å². The van der Waals surface area contributed by atoms with Gasteiger partial charge in [0.05, 0.1) is 5.56 Å². The molecule has 0 unspecified atom stereocenters. The van der Waals surface area contributed by atoms with E-state index in [9.17, 15) is 0 Å². The Balaban J connectivity index is 3.12. The summed E-state index contributed by atoms with van der Waals surface area (Å²) in [5, 5.41) is 3.07. The Morgan fingerprint density at radius 2 is 2.00 bits per heavy atom. The molecule has 1 N–H and O–H groups in total. The first-order valence-electron chi connectivity index (χ1n) is 6.03. The number of rotatable bonds is 4. The third-order valence-corrected chi connectivity index (χ3v) is 2.49. The molecular formula is C14H21N3O. The van der Waals surface area contributed by atoms with Gasteiger partial charge in [0.25, 0.3) is 0 Å². The van der Waals surface area contributed by atoms with E-state index in [2.05, 4.69) is 42.0 Å². The van der Waals surface area contributed by atoms with E-state index in [1.807, 2.05) is 14.0 Å². The van der Waals surface area contributed by atoms with Gasteiger partial charge in [0, 0.05) is 18.9 Å². The van der Waals surface area contributed by atoms with Crippen LogP contribution < -0.4 is 10.1 Å². The quantitative estimate of drug-likeness (QED) is 0.656. The van der Waals surface area contributed by atoms with Gasteiger partial charge in [-0.15, -0.1) is 12.3 Å². The van der Waals surface area contributed by atoms with Crippen LogP contribution in [0.4, 0.5) is 5.82 Å². The largest absolute Gasteiger partial charge is 0.476 e. The summed E-state index contributed by atoms with van der Waals surface area (Å²) in [5.74, 6) is 4.71. The van der Waals surface area contributed by atoms with Crippen molar-refractivity contribution in [2.75, 3.05) is 19.0 Å². The number of terminal acetylenes is 1. The lowest BCUT2D eigenvalue weighted by atomic mass is 9.95. The molecule has 4 nitrogen and oxygen atoms in total. The average molecular weight is 247 g/mol. The summed E-state index contributed by atoms with van der Waals surface area (Å²) in [6.45, 7) is 8.62. The van der Waals surface area contributed by atoms with E-state index in [1.165, 1.54) is 0 Å². The van der Waals surface area contributed by atoms with Crippen LogP contribution in [0.25, 0.3) is 0 Å².